The van der Waals surface area contributed by atoms with Crippen LogP contribution >= 0.6 is 0 Å². The van der Waals surface area contributed by atoms with Crippen molar-refractivity contribution in [2.75, 3.05) is 32.7 Å². The van der Waals surface area contributed by atoms with Gasteiger partial charge in [-0.2, -0.15) is 5.06 Å². The number of aldehydes is 1. The molecule has 3 unspecified atom stereocenters. The van der Waals surface area contributed by atoms with Crippen LogP contribution < -0.4 is 9.64 Å². The number of anilines is 1. The lowest BCUT2D eigenvalue weighted by Crippen LogP contribution is -2.33. The standard InChI is InChI=1S/C24H29FN2O6/c1-5-17-21(12-28)27(33-22(17)13-29)11-19-20(25)7-6-18(23(19)32-4)14-8-15(24(30)31)10-16(9-14)26(2)3/h6-10,12,17,21-22,29H,5,11,13H2,1-4H3,(H,30,31). The fourth-order valence-corrected chi connectivity index (χ4v) is 4.26. The molecule has 2 aromatic carbocycles. The molecular formula is C24H29FN2O6. The molecule has 8 nitrogen and oxygen atoms in total. The van der Waals surface area contributed by atoms with Crippen LogP contribution in [0, 0.1) is 11.7 Å². The Balaban J connectivity index is 2.09. The van der Waals surface area contributed by atoms with Crippen LogP contribution in [0.4, 0.5) is 10.1 Å². The molecule has 3 rings (SSSR count). The highest BCUT2D eigenvalue weighted by molar-refractivity contribution is 5.92. The maximum absolute atomic E-state index is 15.0. The lowest BCUT2D eigenvalue weighted by atomic mass is 9.93. The molecule has 1 saturated heterocycles. The molecule has 0 aliphatic carbocycles. The highest BCUT2D eigenvalue weighted by atomic mass is 19.1. The average Bonchev–Trinajstić information content (AvgIpc) is 3.16. The first kappa shape index (κ1) is 24.6. The molecule has 0 bridgehead atoms. The molecule has 1 aliphatic rings. The number of aliphatic hydroxyl groups is 1. The van der Waals surface area contributed by atoms with Gasteiger partial charge in [0, 0.05) is 36.8 Å². The molecule has 0 spiro atoms. The van der Waals surface area contributed by atoms with E-state index >= 15 is 0 Å². The molecule has 2 N–H and O–H groups in total. The molecule has 3 atom stereocenters. The van der Waals surface area contributed by atoms with Crippen molar-refractivity contribution in [3.8, 4) is 16.9 Å². The third-order valence-electron chi connectivity index (χ3n) is 6.02. The molecule has 33 heavy (non-hydrogen) atoms. The summed E-state index contributed by atoms with van der Waals surface area (Å²) in [5.74, 6) is -1.64. The van der Waals surface area contributed by atoms with E-state index in [1.807, 2.05) is 6.92 Å². The Labute approximate surface area is 192 Å². The summed E-state index contributed by atoms with van der Waals surface area (Å²) in [7, 11) is 5.00. The van der Waals surface area contributed by atoms with Crippen molar-refractivity contribution in [3.63, 3.8) is 0 Å². The van der Waals surface area contributed by atoms with E-state index in [1.54, 1.807) is 31.1 Å². The van der Waals surface area contributed by atoms with Gasteiger partial charge in [0.15, 0.2) is 0 Å². The van der Waals surface area contributed by atoms with Gasteiger partial charge in [0.05, 0.1) is 31.9 Å². The molecule has 1 heterocycles. The minimum absolute atomic E-state index is 0.0849. The Kier molecular flexibility index (Phi) is 7.68. The summed E-state index contributed by atoms with van der Waals surface area (Å²) in [6, 6.07) is 7.02. The first-order valence-corrected chi connectivity index (χ1v) is 10.7. The second kappa shape index (κ2) is 10.3. The lowest BCUT2D eigenvalue weighted by Gasteiger charge is -2.23. The smallest absolute Gasteiger partial charge is 0.335 e. The largest absolute Gasteiger partial charge is 0.496 e. The zero-order valence-corrected chi connectivity index (χ0v) is 19.1. The van der Waals surface area contributed by atoms with Gasteiger partial charge in [-0.3, -0.25) is 4.84 Å². The van der Waals surface area contributed by atoms with Crippen molar-refractivity contribution in [1.82, 2.24) is 5.06 Å². The Morgan fingerprint density at radius 1 is 1.30 bits per heavy atom. The van der Waals surface area contributed by atoms with Gasteiger partial charge in [0.1, 0.15) is 24.0 Å². The molecule has 1 aliphatic heterocycles. The van der Waals surface area contributed by atoms with Crippen molar-refractivity contribution >= 4 is 17.9 Å². The topological polar surface area (TPSA) is 99.5 Å². The number of hydrogen-bond donors (Lipinski definition) is 2. The number of halogens is 1. The number of aromatic carboxylic acids is 1. The number of aliphatic hydroxyl groups excluding tert-OH is 1. The molecule has 1 fully saturated rings. The molecule has 0 saturated carbocycles. The second-order valence-electron chi connectivity index (χ2n) is 8.18. The quantitative estimate of drug-likeness (QED) is 0.551. The summed E-state index contributed by atoms with van der Waals surface area (Å²) in [5, 5.41) is 20.6. The summed E-state index contributed by atoms with van der Waals surface area (Å²) in [4.78, 5) is 31.0. The zero-order chi connectivity index (χ0) is 24.3. The van der Waals surface area contributed by atoms with Crippen LogP contribution in [-0.4, -0.2) is 67.5 Å². The van der Waals surface area contributed by atoms with Crippen LogP contribution in [0.3, 0.4) is 0 Å². The van der Waals surface area contributed by atoms with Gasteiger partial charge in [-0.25, -0.2) is 9.18 Å². The molecule has 2 aromatic rings. The van der Waals surface area contributed by atoms with Gasteiger partial charge in [-0.05, 0) is 42.3 Å². The predicted octanol–water partition coefficient (Wildman–Crippen LogP) is 2.97. The lowest BCUT2D eigenvalue weighted by molar-refractivity contribution is -0.177. The third kappa shape index (κ3) is 4.85. The maximum Gasteiger partial charge on any atom is 0.335 e. The molecule has 9 heteroatoms. The Morgan fingerprint density at radius 3 is 2.58 bits per heavy atom. The molecule has 0 amide bonds. The first-order chi connectivity index (χ1) is 15.7. The Morgan fingerprint density at radius 2 is 2.03 bits per heavy atom. The average molecular weight is 461 g/mol. The van der Waals surface area contributed by atoms with Gasteiger partial charge in [0.25, 0.3) is 0 Å². The van der Waals surface area contributed by atoms with Crippen molar-refractivity contribution in [2.24, 2.45) is 5.92 Å². The summed E-state index contributed by atoms with van der Waals surface area (Å²) in [6.07, 6.45) is 0.801. The number of rotatable bonds is 9. The normalized spacial score (nSPS) is 20.6. The fourth-order valence-electron chi connectivity index (χ4n) is 4.26. The van der Waals surface area contributed by atoms with Crippen LogP contribution in [0.15, 0.2) is 30.3 Å². The van der Waals surface area contributed by atoms with Crippen molar-refractivity contribution in [1.29, 1.82) is 0 Å². The van der Waals surface area contributed by atoms with Crippen LogP contribution in [-0.2, 0) is 16.2 Å². The number of nitrogens with zero attached hydrogens (tertiary/aromatic N) is 2. The van der Waals surface area contributed by atoms with E-state index in [2.05, 4.69) is 0 Å². The van der Waals surface area contributed by atoms with Crippen LogP contribution in [0.5, 0.6) is 5.75 Å². The van der Waals surface area contributed by atoms with E-state index < -0.39 is 23.9 Å². The summed E-state index contributed by atoms with van der Waals surface area (Å²) in [6.45, 7) is 1.56. The van der Waals surface area contributed by atoms with Gasteiger partial charge < -0.3 is 24.6 Å². The Bertz CT molecular complexity index is 1030. The zero-order valence-electron chi connectivity index (χ0n) is 19.1. The minimum atomic E-state index is -1.08. The second-order valence-corrected chi connectivity index (χ2v) is 8.18. The van der Waals surface area contributed by atoms with E-state index in [-0.39, 0.29) is 35.9 Å². The monoisotopic (exact) mass is 460 g/mol. The van der Waals surface area contributed by atoms with E-state index in [9.17, 15) is 24.2 Å². The van der Waals surface area contributed by atoms with Gasteiger partial charge in [0.2, 0.25) is 0 Å². The number of ether oxygens (including phenoxy) is 1. The molecular weight excluding hydrogens is 431 g/mol. The van der Waals surface area contributed by atoms with Crippen molar-refractivity contribution < 1.29 is 33.8 Å². The number of methoxy groups -OCH3 is 1. The molecule has 178 valence electrons. The summed E-state index contributed by atoms with van der Waals surface area (Å²) < 4.78 is 20.6. The van der Waals surface area contributed by atoms with E-state index in [0.717, 1.165) is 6.29 Å². The SMILES string of the molecule is CCC1C(CO)ON(Cc2c(F)ccc(-c3cc(C(=O)O)cc(N(C)C)c3)c2OC)C1C=O. The van der Waals surface area contributed by atoms with Gasteiger partial charge >= 0.3 is 5.97 Å². The summed E-state index contributed by atoms with van der Waals surface area (Å²) in [5.41, 5.74) is 1.98. The van der Waals surface area contributed by atoms with Crippen molar-refractivity contribution in [3.05, 3.63) is 47.3 Å². The summed E-state index contributed by atoms with van der Waals surface area (Å²) >= 11 is 0. The number of benzene rings is 2. The molecule has 0 radical (unpaired) electrons. The molecule has 0 aromatic heterocycles. The number of carbonyl (C=O) groups excluding carboxylic acids is 1. The Hall–Kier alpha value is -3.01. The number of carbonyl (C=O) groups is 2. The first-order valence-electron chi connectivity index (χ1n) is 10.7. The third-order valence-corrected chi connectivity index (χ3v) is 6.02. The van der Waals surface area contributed by atoms with Gasteiger partial charge in [-0.15, -0.1) is 0 Å². The minimum Gasteiger partial charge on any atom is -0.496 e. The number of hydroxylamine groups is 2. The van der Waals surface area contributed by atoms with Crippen LogP contribution in [0.25, 0.3) is 11.1 Å². The fraction of sp³-hybridized carbons (Fsp3) is 0.417. The van der Waals surface area contributed by atoms with Crippen molar-refractivity contribution in [2.45, 2.75) is 32.0 Å². The van der Waals surface area contributed by atoms with E-state index in [4.69, 9.17) is 9.57 Å². The highest BCUT2D eigenvalue weighted by Gasteiger charge is 2.42. The number of hydrogen-bond acceptors (Lipinski definition) is 7. The maximum atomic E-state index is 15.0. The van der Waals surface area contributed by atoms with E-state index in [0.29, 0.717) is 23.2 Å². The van der Waals surface area contributed by atoms with Crippen LogP contribution in [0.1, 0.15) is 29.3 Å². The van der Waals surface area contributed by atoms with Crippen LogP contribution in [0.2, 0.25) is 0 Å². The number of carboxylic acids is 1. The van der Waals surface area contributed by atoms with Gasteiger partial charge in [-0.1, -0.05) is 6.92 Å². The highest BCUT2D eigenvalue weighted by Crippen LogP contribution is 2.39. The van der Waals surface area contributed by atoms with E-state index in [1.165, 1.54) is 30.4 Å². The number of carboxylic acid groups (broad SMARTS) is 1. The predicted molar refractivity (Wildman–Crippen MR) is 121 cm³/mol.